The number of aromatic nitrogens is 2. The van der Waals surface area contributed by atoms with Crippen molar-refractivity contribution in [1.29, 1.82) is 0 Å². The fourth-order valence-electron chi connectivity index (χ4n) is 2.85. The number of hydrogen-bond acceptors (Lipinski definition) is 5. The summed E-state index contributed by atoms with van der Waals surface area (Å²) in [6, 6.07) is 20.3. The number of thioether (sulfide) groups is 1. The van der Waals surface area contributed by atoms with Gasteiger partial charge < -0.3 is 0 Å². The van der Waals surface area contributed by atoms with E-state index in [9.17, 15) is 4.79 Å². The van der Waals surface area contributed by atoms with Gasteiger partial charge in [0, 0.05) is 5.75 Å². The lowest BCUT2D eigenvalue weighted by Gasteiger charge is -2.13. The van der Waals surface area contributed by atoms with Crippen molar-refractivity contribution < 1.29 is 4.79 Å². The van der Waals surface area contributed by atoms with E-state index in [1.54, 1.807) is 11.8 Å². The highest BCUT2D eigenvalue weighted by Crippen LogP contribution is 2.28. The van der Waals surface area contributed by atoms with Gasteiger partial charge in [0.15, 0.2) is 4.34 Å². The van der Waals surface area contributed by atoms with Crippen LogP contribution >= 0.6 is 23.1 Å². The number of hydrogen-bond donors (Lipinski definition) is 1. The Bertz CT molecular complexity index is 837. The Morgan fingerprint density at radius 3 is 2.48 bits per heavy atom. The van der Waals surface area contributed by atoms with Gasteiger partial charge >= 0.3 is 0 Å². The Hall–Kier alpha value is -2.18. The summed E-state index contributed by atoms with van der Waals surface area (Å²) in [5.41, 5.74) is 2.38. The van der Waals surface area contributed by atoms with Crippen LogP contribution in [0.2, 0.25) is 0 Å². The highest BCUT2D eigenvalue weighted by molar-refractivity contribution is 8.01. The third-order valence-corrected chi connectivity index (χ3v) is 6.30. The second-order valence-corrected chi connectivity index (χ2v) is 8.49. The topological polar surface area (TPSA) is 54.9 Å². The minimum Gasteiger partial charge on any atom is -0.300 e. The number of carbonyl (C=O) groups is 1. The van der Waals surface area contributed by atoms with E-state index in [1.807, 2.05) is 43.3 Å². The number of amides is 1. The Labute approximate surface area is 168 Å². The summed E-state index contributed by atoms with van der Waals surface area (Å²) in [6.45, 7) is 2.02. The predicted molar refractivity (Wildman–Crippen MR) is 113 cm³/mol. The molecule has 1 amide bonds. The molecule has 0 saturated heterocycles. The lowest BCUT2D eigenvalue weighted by atomic mass is 9.96. The highest BCUT2D eigenvalue weighted by atomic mass is 32.2. The fourth-order valence-corrected chi connectivity index (χ4v) is 4.61. The number of nitrogens with zero attached hydrogens (tertiary/aromatic N) is 2. The van der Waals surface area contributed by atoms with E-state index in [1.165, 1.54) is 16.9 Å². The molecule has 0 aliphatic heterocycles. The van der Waals surface area contributed by atoms with E-state index >= 15 is 0 Å². The molecule has 0 radical (unpaired) electrons. The van der Waals surface area contributed by atoms with Gasteiger partial charge in [0.2, 0.25) is 11.0 Å². The third kappa shape index (κ3) is 5.91. The van der Waals surface area contributed by atoms with Crippen LogP contribution in [-0.4, -0.2) is 21.9 Å². The van der Waals surface area contributed by atoms with Crippen molar-refractivity contribution in [3.05, 3.63) is 71.8 Å². The van der Waals surface area contributed by atoms with Crippen LogP contribution in [0.4, 0.5) is 5.13 Å². The molecule has 1 heterocycles. The van der Waals surface area contributed by atoms with Crippen molar-refractivity contribution in [2.24, 2.45) is 0 Å². The Kier molecular flexibility index (Phi) is 7.42. The molecule has 0 saturated carbocycles. The van der Waals surface area contributed by atoms with Gasteiger partial charge in [-0.2, -0.15) is 0 Å². The van der Waals surface area contributed by atoms with Crippen molar-refractivity contribution >= 4 is 34.1 Å². The molecule has 1 aromatic heterocycles. The number of benzene rings is 2. The second-order valence-electron chi connectivity index (χ2n) is 6.17. The average molecular weight is 398 g/mol. The summed E-state index contributed by atoms with van der Waals surface area (Å²) in [4.78, 5) is 12.6. The zero-order valence-corrected chi connectivity index (χ0v) is 16.9. The number of aryl methyl sites for hydroxylation is 1. The predicted octanol–water partition coefficient (Wildman–Crippen LogP) is 5.40. The van der Waals surface area contributed by atoms with Crippen LogP contribution in [0.1, 0.15) is 36.8 Å². The minimum atomic E-state index is -0.169. The van der Waals surface area contributed by atoms with Gasteiger partial charge in [-0.05, 0) is 30.4 Å². The molecule has 3 rings (SSSR count). The third-order valence-electron chi connectivity index (χ3n) is 4.24. The molecule has 4 nitrogen and oxygen atoms in total. The van der Waals surface area contributed by atoms with Crippen molar-refractivity contribution in [3.63, 3.8) is 0 Å². The van der Waals surface area contributed by atoms with Crippen LogP contribution in [0, 0.1) is 0 Å². The fraction of sp³-hybridized carbons (Fsp3) is 0.286. The quantitative estimate of drug-likeness (QED) is 0.299. The SMILES string of the molecule is CCC(C(=O)Nc1nnc(SCCCc2ccccc2)s1)c1ccccc1. The van der Waals surface area contributed by atoms with Crippen LogP contribution in [0.25, 0.3) is 0 Å². The van der Waals surface area contributed by atoms with Crippen LogP contribution in [0.3, 0.4) is 0 Å². The standard InChI is InChI=1S/C21H23N3OS2/c1-2-18(17-13-7-4-8-14-17)19(25)22-20-23-24-21(27-20)26-15-9-12-16-10-5-3-6-11-16/h3-8,10-11,13-14,18H,2,9,12,15H2,1H3,(H,22,23,25). The molecule has 0 bridgehead atoms. The normalized spacial score (nSPS) is 11.9. The van der Waals surface area contributed by atoms with Crippen LogP contribution in [0.5, 0.6) is 0 Å². The van der Waals surface area contributed by atoms with Crippen molar-refractivity contribution in [1.82, 2.24) is 10.2 Å². The zero-order chi connectivity index (χ0) is 18.9. The van der Waals surface area contributed by atoms with Gasteiger partial charge in [0.1, 0.15) is 0 Å². The maximum Gasteiger partial charge on any atom is 0.233 e. The molecule has 0 aliphatic rings. The van der Waals surface area contributed by atoms with Gasteiger partial charge in [0.25, 0.3) is 0 Å². The molecule has 27 heavy (non-hydrogen) atoms. The Balaban J connectivity index is 1.48. The first kappa shape index (κ1) is 19.6. The van der Waals surface area contributed by atoms with Crippen molar-refractivity contribution in [3.8, 4) is 0 Å². The molecule has 3 aromatic rings. The van der Waals surface area contributed by atoms with Crippen LogP contribution in [-0.2, 0) is 11.2 Å². The summed E-state index contributed by atoms with van der Waals surface area (Å²) in [6.07, 6.45) is 2.89. The van der Waals surface area contributed by atoms with E-state index in [-0.39, 0.29) is 11.8 Å². The highest BCUT2D eigenvalue weighted by Gasteiger charge is 2.20. The molecule has 1 atom stereocenters. The minimum absolute atomic E-state index is 0.0273. The molecule has 0 fully saturated rings. The summed E-state index contributed by atoms with van der Waals surface area (Å²) < 4.78 is 0.895. The molecule has 0 spiro atoms. The number of anilines is 1. The first-order valence-electron chi connectivity index (χ1n) is 9.12. The molecular formula is C21H23N3OS2. The van der Waals surface area contributed by atoms with Gasteiger partial charge in [-0.1, -0.05) is 90.7 Å². The van der Waals surface area contributed by atoms with Crippen molar-refractivity contribution in [2.45, 2.75) is 36.4 Å². The van der Waals surface area contributed by atoms with Gasteiger partial charge in [-0.25, -0.2) is 0 Å². The zero-order valence-electron chi connectivity index (χ0n) is 15.3. The molecule has 6 heteroatoms. The second kappa shape index (κ2) is 10.2. The molecule has 140 valence electrons. The maximum absolute atomic E-state index is 12.6. The molecule has 1 N–H and O–H groups in total. The number of nitrogens with one attached hydrogen (secondary N) is 1. The summed E-state index contributed by atoms with van der Waals surface area (Å²) in [5.74, 6) is 0.788. The van der Waals surface area contributed by atoms with Gasteiger partial charge in [-0.3, -0.25) is 10.1 Å². The van der Waals surface area contributed by atoms with Gasteiger partial charge in [-0.15, -0.1) is 10.2 Å². The van der Waals surface area contributed by atoms with Gasteiger partial charge in [0.05, 0.1) is 5.92 Å². The number of rotatable bonds is 9. The van der Waals surface area contributed by atoms with E-state index in [2.05, 4.69) is 39.8 Å². The van der Waals surface area contributed by atoms with E-state index in [4.69, 9.17) is 0 Å². The lowest BCUT2D eigenvalue weighted by Crippen LogP contribution is -2.20. The van der Waals surface area contributed by atoms with E-state index in [0.717, 1.165) is 34.9 Å². The summed E-state index contributed by atoms with van der Waals surface area (Å²) >= 11 is 3.13. The average Bonchev–Trinajstić information content (AvgIpc) is 3.15. The number of carbonyl (C=O) groups excluding carboxylic acids is 1. The Morgan fingerprint density at radius 2 is 1.78 bits per heavy atom. The molecule has 0 aliphatic carbocycles. The van der Waals surface area contributed by atoms with E-state index < -0.39 is 0 Å². The monoisotopic (exact) mass is 397 g/mol. The lowest BCUT2D eigenvalue weighted by molar-refractivity contribution is -0.117. The summed E-state index contributed by atoms with van der Waals surface area (Å²) in [5, 5.41) is 11.8. The molecule has 1 unspecified atom stereocenters. The smallest absolute Gasteiger partial charge is 0.233 e. The van der Waals surface area contributed by atoms with Crippen molar-refractivity contribution in [2.75, 3.05) is 11.1 Å². The largest absolute Gasteiger partial charge is 0.300 e. The van der Waals surface area contributed by atoms with E-state index in [0.29, 0.717) is 5.13 Å². The van der Waals surface area contributed by atoms with Crippen LogP contribution in [0.15, 0.2) is 65.0 Å². The maximum atomic E-state index is 12.6. The first-order chi connectivity index (χ1) is 13.3. The Morgan fingerprint density at radius 1 is 1.07 bits per heavy atom. The first-order valence-corrected chi connectivity index (χ1v) is 10.9. The van der Waals surface area contributed by atoms with Crippen LogP contribution < -0.4 is 5.32 Å². The molecule has 2 aromatic carbocycles. The molecular weight excluding hydrogens is 374 g/mol. The summed E-state index contributed by atoms with van der Waals surface area (Å²) in [7, 11) is 0.